The van der Waals surface area contributed by atoms with Gasteiger partial charge in [0.05, 0.1) is 17.8 Å². The molecule has 0 radical (unpaired) electrons. The highest BCUT2D eigenvalue weighted by Gasteiger charge is 2.39. The van der Waals surface area contributed by atoms with E-state index in [9.17, 15) is 9.59 Å². The standard InChI is InChI=1S/C32H37N5O2/c1-32(2,3)28(37(20-19-26(33)29(34)38)31(39)25-17-11-6-12-18-25)30-35-27(24-15-9-5-10-16-24)22-36(30)21-23-13-7-4-8-14-23/h4-18,22,26,28H,19-21,33H2,1-3H3,(H2,34,38). The quantitative estimate of drug-likeness (QED) is 0.304. The molecule has 4 rings (SSSR count). The Bertz CT molecular complexity index is 1380. The Hall–Kier alpha value is -4.23. The van der Waals surface area contributed by atoms with Crippen LogP contribution in [0.5, 0.6) is 0 Å². The van der Waals surface area contributed by atoms with Gasteiger partial charge in [-0.2, -0.15) is 0 Å². The van der Waals surface area contributed by atoms with Gasteiger partial charge in [-0.15, -0.1) is 0 Å². The molecule has 4 aromatic rings. The van der Waals surface area contributed by atoms with Crippen LogP contribution in [0.3, 0.4) is 0 Å². The zero-order valence-electron chi connectivity index (χ0n) is 22.8. The van der Waals surface area contributed by atoms with Gasteiger partial charge in [0, 0.05) is 30.4 Å². The van der Waals surface area contributed by atoms with Gasteiger partial charge in [-0.05, 0) is 29.5 Å². The van der Waals surface area contributed by atoms with Crippen LogP contribution in [0.1, 0.15) is 55.0 Å². The Kier molecular flexibility index (Phi) is 8.62. The Labute approximate surface area is 230 Å². The summed E-state index contributed by atoms with van der Waals surface area (Å²) in [5, 5.41) is 0. The van der Waals surface area contributed by atoms with Crippen molar-refractivity contribution >= 4 is 11.8 Å². The van der Waals surface area contributed by atoms with Crippen LogP contribution in [-0.2, 0) is 11.3 Å². The molecule has 4 N–H and O–H groups in total. The molecule has 0 aliphatic heterocycles. The van der Waals surface area contributed by atoms with E-state index in [0.29, 0.717) is 12.1 Å². The summed E-state index contributed by atoms with van der Waals surface area (Å²) in [6, 6.07) is 28.1. The number of nitrogens with zero attached hydrogens (tertiary/aromatic N) is 3. The van der Waals surface area contributed by atoms with Crippen molar-refractivity contribution in [1.29, 1.82) is 0 Å². The Balaban J connectivity index is 1.86. The first-order valence-corrected chi connectivity index (χ1v) is 13.2. The second kappa shape index (κ2) is 12.1. The van der Waals surface area contributed by atoms with Crippen molar-refractivity contribution in [2.24, 2.45) is 16.9 Å². The van der Waals surface area contributed by atoms with E-state index in [2.05, 4.69) is 43.7 Å². The van der Waals surface area contributed by atoms with Crippen molar-refractivity contribution in [3.8, 4) is 11.3 Å². The highest BCUT2D eigenvalue weighted by molar-refractivity contribution is 5.94. The first-order valence-electron chi connectivity index (χ1n) is 13.2. The molecule has 3 aromatic carbocycles. The van der Waals surface area contributed by atoms with Crippen LogP contribution >= 0.6 is 0 Å². The number of hydrogen-bond acceptors (Lipinski definition) is 4. The Morgan fingerprint density at radius 2 is 1.46 bits per heavy atom. The maximum atomic E-state index is 14.1. The number of carbonyl (C=O) groups is 2. The van der Waals surface area contributed by atoms with Crippen molar-refractivity contribution in [2.45, 2.75) is 45.8 Å². The number of aromatic nitrogens is 2. The van der Waals surface area contributed by atoms with Gasteiger partial charge in [0.25, 0.3) is 5.91 Å². The smallest absolute Gasteiger partial charge is 0.254 e. The molecule has 7 heteroatoms. The number of primary amides is 1. The first kappa shape index (κ1) is 27.8. The minimum atomic E-state index is -0.861. The lowest BCUT2D eigenvalue weighted by atomic mass is 9.84. The monoisotopic (exact) mass is 523 g/mol. The normalized spacial score (nSPS) is 13.0. The lowest BCUT2D eigenvalue weighted by Gasteiger charge is -2.40. The highest BCUT2D eigenvalue weighted by atomic mass is 16.2. The molecule has 2 amide bonds. The predicted octanol–water partition coefficient (Wildman–Crippen LogP) is 5.03. The van der Waals surface area contributed by atoms with Gasteiger partial charge in [0.15, 0.2) is 0 Å². The number of benzene rings is 3. The number of hydrogen-bond donors (Lipinski definition) is 2. The van der Waals surface area contributed by atoms with Gasteiger partial charge in [0.1, 0.15) is 5.82 Å². The van der Waals surface area contributed by atoms with Crippen LogP contribution in [0.2, 0.25) is 0 Å². The van der Waals surface area contributed by atoms with E-state index >= 15 is 0 Å². The van der Waals surface area contributed by atoms with Crippen molar-refractivity contribution in [3.05, 3.63) is 114 Å². The van der Waals surface area contributed by atoms with Crippen molar-refractivity contribution < 1.29 is 9.59 Å². The molecule has 2 unspecified atom stereocenters. The summed E-state index contributed by atoms with van der Waals surface area (Å²) in [6.07, 6.45) is 2.29. The summed E-state index contributed by atoms with van der Waals surface area (Å²) in [7, 11) is 0. The summed E-state index contributed by atoms with van der Waals surface area (Å²) in [5.41, 5.74) is 14.6. The highest BCUT2D eigenvalue weighted by Crippen LogP contribution is 2.40. The topological polar surface area (TPSA) is 107 Å². The zero-order chi connectivity index (χ0) is 28.0. The average Bonchev–Trinajstić information content (AvgIpc) is 3.33. The third-order valence-electron chi connectivity index (χ3n) is 6.78. The van der Waals surface area contributed by atoms with E-state index in [4.69, 9.17) is 16.5 Å². The van der Waals surface area contributed by atoms with Crippen LogP contribution in [-0.4, -0.2) is 38.9 Å². The van der Waals surface area contributed by atoms with Crippen LogP contribution < -0.4 is 11.5 Å². The van der Waals surface area contributed by atoms with Crippen molar-refractivity contribution in [3.63, 3.8) is 0 Å². The summed E-state index contributed by atoms with van der Waals surface area (Å²) in [5.74, 6) is 0.0243. The van der Waals surface area contributed by atoms with Crippen LogP contribution in [0, 0.1) is 5.41 Å². The Morgan fingerprint density at radius 1 is 0.897 bits per heavy atom. The van der Waals surface area contributed by atoms with Crippen LogP contribution in [0.25, 0.3) is 11.3 Å². The van der Waals surface area contributed by atoms with Gasteiger partial charge in [-0.1, -0.05) is 99.6 Å². The largest absolute Gasteiger partial charge is 0.368 e. The second-order valence-corrected chi connectivity index (χ2v) is 10.9. The maximum Gasteiger partial charge on any atom is 0.254 e. The number of amides is 2. The molecule has 2 atom stereocenters. The summed E-state index contributed by atoms with van der Waals surface area (Å²) in [6.45, 7) is 7.14. The fourth-order valence-electron chi connectivity index (χ4n) is 4.81. The van der Waals surface area contributed by atoms with E-state index in [1.165, 1.54) is 0 Å². The first-order chi connectivity index (χ1) is 18.6. The molecule has 0 spiro atoms. The van der Waals surface area contributed by atoms with Crippen LogP contribution in [0.4, 0.5) is 0 Å². The third-order valence-corrected chi connectivity index (χ3v) is 6.78. The molecule has 0 aliphatic carbocycles. The number of carbonyl (C=O) groups excluding carboxylic acids is 2. The molecule has 0 saturated carbocycles. The lowest BCUT2D eigenvalue weighted by molar-refractivity contribution is -0.119. The number of imidazole rings is 1. The fourth-order valence-corrected chi connectivity index (χ4v) is 4.81. The molecule has 0 aliphatic rings. The molecule has 0 saturated heterocycles. The molecular formula is C32H37N5O2. The summed E-state index contributed by atoms with van der Waals surface area (Å²) < 4.78 is 2.13. The number of nitrogens with two attached hydrogens (primary N) is 2. The molecule has 1 heterocycles. The molecule has 0 fully saturated rings. The van der Waals surface area contributed by atoms with E-state index in [-0.39, 0.29) is 18.9 Å². The minimum Gasteiger partial charge on any atom is -0.368 e. The van der Waals surface area contributed by atoms with E-state index in [1.54, 1.807) is 17.0 Å². The fraction of sp³-hybridized carbons (Fsp3) is 0.281. The third kappa shape index (κ3) is 6.81. The van der Waals surface area contributed by atoms with Crippen molar-refractivity contribution in [1.82, 2.24) is 14.5 Å². The summed E-state index contributed by atoms with van der Waals surface area (Å²) >= 11 is 0. The van der Waals surface area contributed by atoms with Gasteiger partial charge < -0.3 is 20.9 Å². The Morgan fingerprint density at radius 3 is 2.03 bits per heavy atom. The second-order valence-electron chi connectivity index (χ2n) is 10.9. The van der Waals surface area contributed by atoms with Gasteiger partial charge in [0.2, 0.25) is 5.91 Å². The van der Waals surface area contributed by atoms with Crippen LogP contribution in [0.15, 0.2) is 97.2 Å². The van der Waals surface area contributed by atoms with E-state index in [0.717, 1.165) is 22.6 Å². The molecular weight excluding hydrogens is 486 g/mol. The van der Waals surface area contributed by atoms with Gasteiger partial charge >= 0.3 is 0 Å². The minimum absolute atomic E-state index is 0.150. The molecule has 202 valence electrons. The lowest BCUT2D eigenvalue weighted by Crippen LogP contribution is -2.46. The molecule has 39 heavy (non-hydrogen) atoms. The zero-order valence-corrected chi connectivity index (χ0v) is 22.8. The van der Waals surface area contributed by atoms with Gasteiger partial charge in [-0.3, -0.25) is 9.59 Å². The van der Waals surface area contributed by atoms with Gasteiger partial charge in [-0.25, -0.2) is 4.98 Å². The average molecular weight is 524 g/mol. The van der Waals surface area contributed by atoms with E-state index in [1.807, 2.05) is 66.7 Å². The molecule has 7 nitrogen and oxygen atoms in total. The maximum absolute atomic E-state index is 14.1. The molecule has 1 aromatic heterocycles. The van der Waals surface area contributed by atoms with E-state index < -0.39 is 23.4 Å². The number of rotatable bonds is 10. The van der Waals surface area contributed by atoms with Crippen molar-refractivity contribution in [2.75, 3.05) is 6.54 Å². The molecule has 0 bridgehead atoms. The predicted molar refractivity (Wildman–Crippen MR) is 155 cm³/mol. The SMILES string of the molecule is CC(C)(C)C(c1nc(-c2ccccc2)cn1Cc1ccccc1)N(CCC(N)C(N)=O)C(=O)c1ccccc1. The summed E-state index contributed by atoms with van der Waals surface area (Å²) in [4.78, 5) is 32.8.